The second-order valence-electron chi connectivity index (χ2n) is 9.21. The lowest BCUT2D eigenvalue weighted by molar-refractivity contribution is -0.139. The smallest absolute Gasteiger partial charge is 0.341 e. The fourth-order valence-corrected chi connectivity index (χ4v) is 4.85. The van der Waals surface area contributed by atoms with Crippen LogP contribution in [0.3, 0.4) is 0 Å². The molecule has 5 heteroatoms. The molecule has 0 saturated carbocycles. The van der Waals surface area contributed by atoms with Crippen LogP contribution in [0, 0.1) is 12.8 Å². The Bertz CT molecular complexity index is 1190. The summed E-state index contributed by atoms with van der Waals surface area (Å²) in [6.07, 6.45) is 0.474. The zero-order valence-corrected chi connectivity index (χ0v) is 20.4. The normalized spacial score (nSPS) is 21.8. The highest BCUT2D eigenvalue weighted by molar-refractivity contribution is 5.68. The van der Waals surface area contributed by atoms with Crippen molar-refractivity contribution in [2.24, 2.45) is 5.92 Å². The van der Waals surface area contributed by atoms with Gasteiger partial charge in [0.1, 0.15) is 17.2 Å². The summed E-state index contributed by atoms with van der Waals surface area (Å²) in [4.78, 5) is 11.2. The Kier molecular flexibility index (Phi) is 7.57. The maximum absolute atomic E-state index is 11.2. The van der Waals surface area contributed by atoms with Crippen molar-refractivity contribution < 1.29 is 24.1 Å². The minimum Gasteiger partial charge on any atom is -0.482 e. The highest BCUT2D eigenvalue weighted by Crippen LogP contribution is 2.49. The fourth-order valence-electron chi connectivity index (χ4n) is 4.85. The van der Waals surface area contributed by atoms with Gasteiger partial charge in [-0.05, 0) is 68.7 Å². The van der Waals surface area contributed by atoms with Crippen molar-refractivity contribution in [1.82, 2.24) is 0 Å². The van der Waals surface area contributed by atoms with Crippen molar-refractivity contribution in [3.8, 4) is 17.2 Å². The quantitative estimate of drug-likeness (QED) is 0.355. The van der Waals surface area contributed by atoms with Gasteiger partial charge in [0.05, 0.1) is 12.2 Å². The predicted octanol–water partition coefficient (Wildman–Crippen LogP) is 7.08. The highest BCUT2D eigenvalue weighted by atomic mass is 16.5. The van der Waals surface area contributed by atoms with E-state index in [1.807, 2.05) is 43.3 Å². The van der Waals surface area contributed by atoms with E-state index in [-0.39, 0.29) is 24.0 Å². The van der Waals surface area contributed by atoms with Crippen molar-refractivity contribution in [3.05, 3.63) is 102 Å². The zero-order chi connectivity index (χ0) is 24.9. The summed E-state index contributed by atoms with van der Waals surface area (Å²) in [5, 5.41) is 9.20. The molecule has 4 rings (SSSR count). The van der Waals surface area contributed by atoms with Crippen LogP contribution >= 0.6 is 0 Å². The number of aliphatic carboxylic acids is 1. The van der Waals surface area contributed by atoms with Gasteiger partial charge in [0.2, 0.25) is 0 Å². The minimum atomic E-state index is -1.03. The molecular weight excluding hydrogens is 440 g/mol. The van der Waals surface area contributed by atoms with Gasteiger partial charge in [-0.2, -0.15) is 0 Å². The molecule has 1 heterocycles. The lowest BCUT2D eigenvalue weighted by atomic mass is 9.75. The van der Waals surface area contributed by atoms with E-state index in [2.05, 4.69) is 44.7 Å². The topological polar surface area (TPSA) is 65.0 Å². The molecule has 1 N–H and O–H groups in total. The Morgan fingerprint density at radius 1 is 1.03 bits per heavy atom. The van der Waals surface area contributed by atoms with E-state index in [0.29, 0.717) is 17.2 Å². The standard InChI is InChI=1S/C30H32O5/c1-19(2)25-17-26(24-13-9-8-10-20(24)3)21(4)34-30(25)27-16-23(35-22-11-6-5-7-12-22)14-15-28(27)33-18-29(31)32/h5-16,21,25-26,30H,1,17-18H2,2-4H3,(H,31,32)/t21-,25+,26-,30-/m0/s1. The second kappa shape index (κ2) is 10.8. The van der Waals surface area contributed by atoms with E-state index in [1.165, 1.54) is 11.1 Å². The number of hydrogen-bond donors (Lipinski definition) is 1. The van der Waals surface area contributed by atoms with Crippen LogP contribution in [0.2, 0.25) is 0 Å². The molecule has 5 nitrogen and oxygen atoms in total. The summed E-state index contributed by atoms with van der Waals surface area (Å²) in [5.41, 5.74) is 4.31. The number of para-hydroxylation sites is 1. The summed E-state index contributed by atoms with van der Waals surface area (Å²) >= 11 is 0. The van der Waals surface area contributed by atoms with Crippen LogP contribution in [0.5, 0.6) is 17.2 Å². The second-order valence-corrected chi connectivity index (χ2v) is 9.21. The average molecular weight is 473 g/mol. The Labute approximate surface area is 207 Å². The molecule has 3 aromatic carbocycles. The average Bonchev–Trinajstić information content (AvgIpc) is 2.84. The van der Waals surface area contributed by atoms with Crippen molar-refractivity contribution in [1.29, 1.82) is 0 Å². The first kappa shape index (κ1) is 24.6. The molecule has 0 unspecified atom stereocenters. The Morgan fingerprint density at radius 2 is 1.74 bits per heavy atom. The first-order valence-electron chi connectivity index (χ1n) is 11.9. The van der Waals surface area contributed by atoms with Crippen LogP contribution in [0.15, 0.2) is 84.9 Å². The fraction of sp³-hybridized carbons (Fsp3) is 0.300. The van der Waals surface area contributed by atoms with Crippen LogP contribution < -0.4 is 9.47 Å². The van der Waals surface area contributed by atoms with Crippen molar-refractivity contribution in [2.45, 2.75) is 45.3 Å². The number of carboxylic acid groups (broad SMARTS) is 1. The van der Waals surface area contributed by atoms with Crippen LogP contribution in [0.4, 0.5) is 0 Å². The largest absolute Gasteiger partial charge is 0.482 e. The Hall–Kier alpha value is -3.57. The molecular formula is C30H32O5. The van der Waals surface area contributed by atoms with Gasteiger partial charge in [-0.15, -0.1) is 0 Å². The van der Waals surface area contributed by atoms with E-state index < -0.39 is 12.6 Å². The number of aryl methyl sites for hydroxylation is 1. The van der Waals surface area contributed by atoms with Crippen molar-refractivity contribution >= 4 is 5.97 Å². The van der Waals surface area contributed by atoms with Crippen LogP contribution in [-0.2, 0) is 9.53 Å². The third-order valence-corrected chi connectivity index (χ3v) is 6.64. The van der Waals surface area contributed by atoms with Crippen LogP contribution in [0.1, 0.15) is 49.0 Å². The van der Waals surface area contributed by atoms with Gasteiger partial charge >= 0.3 is 5.97 Å². The summed E-state index contributed by atoms with van der Waals surface area (Å²) in [6, 6.07) is 23.4. The molecule has 0 bridgehead atoms. The third kappa shape index (κ3) is 5.75. The van der Waals surface area contributed by atoms with E-state index >= 15 is 0 Å². The van der Waals surface area contributed by atoms with Gasteiger partial charge in [0.15, 0.2) is 6.61 Å². The number of carbonyl (C=O) groups is 1. The van der Waals surface area contributed by atoms with E-state index in [0.717, 1.165) is 17.6 Å². The maximum atomic E-state index is 11.2. The molecule has 1 saturated heterocycles. The molecule has 1 aliphatic rings. The lowest BCUT2D eigenvalue weighted by Crippen LogP contribution is -2.35. The summed E-state index contributed by atoms with van der Waals surface area (Å²) < 4.78 is 18.4. The van der Waals surface area contributed by atoms with Crippen LogP contribution in [-0.4, -0.2) is 23.8 Å². The van der Waals surface area contributed by atoms with Gasteiger partial charge in [-0.1, -0.05) is 54.6 Å². The van der Waals surface area contributed by atoms with E-state index in [1.54, 1.807) is 12.1 Å². The molecule has 182 valence electrons. The molecule has 0 aliphatic carbocycles. The van der Waals surface area contributed by atoms with Gasteiger partial charge < -0.3 is 19.3 Å². The molecule has 0 radical (unpaired) electrons. The van der Waals surface area contributed by atoms with Gasteiger partial charge in [-0.25, -0.2) is 4.79 Å². The maximum Gasteiger partial charge on any atom is 0.341 e. The Morgan fingerprint density at radius 3 is 2.43 bits per heavy atom. The highest BCUT2D eigenvalue weighted by Gasteiger charge is 2.39. The molecule has 1 fully saturated rings. The van der Waals surface area contributed by atoms with Gasteiger partial charge in [-0.3, -0.25) is 0 Å². The number of hydrogen-bond acceptors (Lipinski definition) is 4. The number of ether oxygens (including phenoxy) is 3. The van der Waals surface area contributed by atoms with E-state index in [4.69, 9.17) is 14.2 Å². The van der Waals surface area contributed by atoms with Gasteiger partial charge in [0.25, 0.3) is 0 Å². The first-order chi connectivity index (χ1) is 16.8. The molecule has 0 aromatic heterocycles. The summed E-state index contributed by atoms with van der Waals surface area (Å²) in [5.74, 6) is 1.04. The number of benzene rings is 3. The Balaban J connectivity index is 1.70. The first-order valence-corrected chi connectivity index (χ1v) is 11.9. The summed E-state index contributed by atoms with van der Waals surface area (Å²) in [6.45, 7) is 10.1. The molecule has 35 heavy (non-hydrogen) atoms. The monoisotopic (exact) mass is 472 g/mol. The van der Waals surface area contributed by atoms with Crippen LogP contribution in [0.25, 0.3) is 0 Å². The minimum absolute atomic E-state index is 0.0231. The van der Waals surface area contributed by atoms with Crippen molar-refractivity contribution in [3.63, 3.8) is 0 Å². The zero-order valence-electron chi connectivity index (χ0n) is 20.4. The number of carboxylic acids is 1. The van der Waals surface area contributed by atoms with Gasteiger partial charge in [0, 0.05) is 17.4 Å². The van der Waals surface area contributed by atoms with E-state index in [9.17, 15) is 9.90 Å². The van der Waals surface area contributed by atoms with Crippen molar-refractivity contribution in [2.75, 3.05) is 6.61 Å². The molecule has 0 spiro atoms. The lowest BCUT2D eigenvalue weighted by Gasteiger charge is -2.42. The molecule has 4 atom stereocenters. The number of rotatable bonds is 8. The SMILES string of the molecule is C=C(C)[C@H]1C[C@H](c2ccccc2C)[C@H](C)O[C@@H]1c1cc(Oc2ccccc2)ccc1OCC(=O)O. The third-order valence-electron chi connectivity index (χ3n) is 6.64. The molecule has 0 amide bonds. The summed E-state index contributed by atoms with van der Waals surface area (Å²) in [7, 11) is 0. The molecule has 1 aliphatic heterocycles. The molecule has 3 aromatic rings. The predicted molar refractivity (Wildman–Crippen MR) is 136 cm³/mol.